The molecule has 0 aromatic heterocycles. The Kier molecular flexibility index (Phi) is 3.47. The summed E-state index contributed by atoms with van der Waals surface area (Å²) in [4.78, 5) is 1.34. The standard InChI is InChI=1S/C10H11ClS2/c11-8-1-3-9(4-2-8)13-10-5-6-12-7-10/h1-4,10H,5-7H2. The third-order valence-electron chi connectivity index (χ3n) is 2.00. The van der Waals surface area contributed by atoms with Gasteiger partial charge in [-0.3, -0.25) is 0 Å². The van der Waals surface area contributed by atoms with Gasteiger partial charge in [0.15, 0.2) is 0 Å². The zero-order chi connectivity index (χ0) is 9.10. The van der Waals surface area contributed by atoms with E-state index in [2.05, 4.69) is 23.9 Å². The van der Waals surface area contributed by atoms with E-state index in [4.69, 9.17) is 11.6 Å². The molecule has 70 valence electrons. The van der Waals surface area contributed by atoms with E-state index in [1.165, 1.54) is 22.8 Å². The molecular weight excluding hydrogens is 220 g/mol. The molecule has 0 bridgehead atoms. The molecule has 0 spiro atoms. The Morgan fingerprint density at radius 2 is 2.08 bits per heavy atom. The van der Waals surface area contributed by atoms with Crippen LogP contribution in [0.2, 0.25) is 5.02 Å². The molecule has 1 saturated heterocycles. The highest BCUT2D eigenvalue weighted by atomic mass is 35.5. The molecule has 1 aromatic carbocycles. The number of hydrogen-bond acceptors (Lipinski definition) is 2. The van der Waals surface area contributed by atoms with E-state index >= 15 is 0 Å². The van der Waals surface area contributed by atoms with E-state index in [9.17, 15) is 0 Å². The summed E-state index contributed by atoms with van der Waals surface area (Å²) in [6, 6.07) is 8.14. The highest BCUT2D eigenvalue weighted by Gasteiger charge is 2.16. The van der Waals surface area contributed by atoms with E-state index in [0.717, 1.165) is 10.3 Å². The van der Waals surface area contributed by atoms with Crippen LogP contribution in [0.15, 0.2) is 29.2 Å². The van der Waals surface area contributed by atoms with Crippen LogP contribution in [-0.2, 0) is 0 Å². The Labute approximate surface area is 92.4 Å². The van der Waals surface area contributed by atoms with Crippen molar-refractivity contribution in [2.75, 3.05) is 11.5 Å². The summed E-state index contributed by atoms with van der Waals surface area (Å²) in [7, 11) is 0. The normalized spacial score (nSPS) is 22.1. The van der Waals surface area contributed by atoms with Gasteiger partial charge in [0.2, 0.25) is 0 Å². The van der Waals surface area contributed by atoms with Gasteiger partial charge in [0, 0.05) is 20.9 Å². The molecule has 0 aliphatic carbocycles. The molecule has 1 fully saturated rings. The van der Waals surface area contributed by atoms with Crippen molar-refractivity contribution in [2.24, 2.45) is 0 Å². The summed E-state index contributed by atoms with van der Waals surface area (Å²) >= 11 is 9.85. The molecule has 0 amide bonds. The maximum absolute atomic E-state index is 5.81. The van der Waals surface area contributed by atoms with E-state index in [1.807, 2.05) is 23.9 Å². The van der Waals surface area contributed by atoms with Crippen LogP contribution in [0.4, 0.5) is 0 Å². The lowest BCUT2D eigenvalue weighted by molar-refractivity contribution is 0.969. The van der Waals surface area contributed by atoms with Gasteiger partial charge in [0.1, 0.15) is 0 Å². The van der Waals surface area contributed by atoms with Crippen LogP contribution in [0.3, 0.4) is 0 Å². The predicted molar refractivity (Wildman–Crippen MR) is 63.0 cm³/mol. The predicted octanol–water partition coefficient (Wildman–Crippen LogP) is 3.94. The zero-order valence-electron chi connectivity index (χ0n) is 7.20. The molecule has 0 saturated carbocycles. The molecule has 1 aromatic rings. The fourth-order valence-corrected chi connectivity index (χ4v) is 4.11. The minimum absolute atomic E-state index is 0.811. The largest absolute Gasteiger partial charge is 0.161 e. The van der Waals surface area contributed by atoms with Gasteiger partial charge in [-0.2, -0.15) is 11.8 Å². The number of hydrogen-bond donors (Lipinski definition) is 0. The van der Waals surface area contributed by atoms with Gasteiger partial charge in [-0.1, -0.05) is 11.6 Å². The van der Waals surface area contributed by atoms with E-state index in [0.29, 0.717) is 0 Å². The van der Waals surface area contributed by atoms with Crippen molar-refractivity contribution in [3.05, 3.63) is 29.3 Å². The van der Waals surface area contributed by atoms with Crippen LogP contribution in [-0.4, -0.2) is 16.8 Å². The average Bonchev–Trinajstić information content (AvgIpc) is 2.62. The van der Waals surface area contributed by atoms with Gasteiger partial charge in [0.05, 0.1) is 0 Å². The Morgan fingerprint density at radius 3 is 2.69 bits per heavy atom. The fraction of sp³-hybridized carbons (Fsp3) is 0.400. The Morgan fingerprint density at radius 1 is 1.31 bits per heavy atom. The van der Waals surface area contributed by atoms with Gasteiger partial charge >= 0.3 is 0 Å². The lowest BCUT2D eigenvalue weighted by atomic mass is 10.4. The molecular formula is C10H11ClS2. The number of halogens is 1. The first-order chi connectivity index (χ1) is 6.34. The van der Waals surface area contributed by atoms with Crippen molar-refractivity contribution in [2.45, 2.75) is 16.6 Å². The number of benzene rings is 1. The molecule has 1 atom stereocenters. The fourth-order valence-electron chi connectivity index (χ4n) is 1.31. The van der Waals surface area contributed by atoms with Gasteiger partial charge in [-0.05, 0) is 36.4 Å². The third kappa shape index (κ3) is 2.83. The van der Waals surface area contributed by atoms with Crippen LogP contribution in [0, 0.1) is 0 Å². The van der Waals surface area contributed by atoms with E-state index in [1.54, 1.807) is 0 Å². The summed E-state index contributed by atoms with van der Waals surface area (Å²) in [5.41, 5.74) is 0. The number of thioether (sulfide) groups is 2. The minimum atomic E-state index is 0.811. The Balaban J connectivity index is 1.97. The Bertz CT molecular complexity index is 265. The summed E-state index contributed by atoms with van der Waals surface area (Å²) < 4.78 is 0. The summed E-state index contributed by atoms with van der Waals surface area (Å²) in [5, 5.41) is 1.64. The first-order valence-corrected chi connectivity index (χ1v) is 6.76. The van der Waals surface area contributed by atoms with Crippen molar-refractivity contribution in [3.8, 4) is 0 Å². The maximum Gasteiger partial charge on any atom is 0.0406 e. The van der Waals surface area contributed by atoms with Gasteiger partial charge in [-0.25, -0.2) is 0 Å². The lowest BCUT2D eigenvalue weighted by Crippen LogP contribution is -1.97. The molecule has 13 heavy (non-hydrogen) atoms. The van der Waals surface area contributed by atoms with Gasteiger partial charge in [-0.15, -0.1) is 11.8 Å². The first kappa shape index (κ1) is 9.75. The Hall–Kier alpha value is 0.210. The molecule has 1 unspecified atom stereocenters. The van der Waals surface area contributed by atoms with Gasteiger partial charge < -0.3 is 0 Å². The third-order valence-corrected chi connectivity index (χ3v) is 4.91. The van der Waals surface area contributed by atoms with Crippen LogP contribution in [0.1, 0.15) is 6.42 Å². The second-order valence-corrected chi connectivity index (χ2v) is 6.02. The maximum atomic E-state index is 5.81. The van der Waals surface area contributed by atoms with E-state index in [-0.39, 0.29) is 0 Å². The van der Waals surface area contributed by atoms with Crippen molar-refractivity contribution in [3.63, 3.8) is 0 Å². The summed E-state index contributed by atoms with van der Waals surface area (Å²) in [6.45, 7) is 0. The van der Waals surface area contributed by atoms with Gasteiger partial charge in [0.25, 0.3) is 0 Å². The molecule has 1 aliphatic rings. The van der Waals surface area contributed by atoms with Crippen molar-refractivity contribution in [1.82, 2.24) is 0 Å². The van der Waals surface area contributed by atoms with Crippen LogP contribution in [0.5, 0.6) is 0 Å². The highest BCUT2D eigenvalue weighted by Crippen LogP contribution is 2.33. The highest BCUT2D eigenvalue weighted by molar-refractivity contribution is 8.04. The molecule has 0 nitrogen and oxygen atoms in total. The molecule has 2 rings (SSSR count). The summed E-state index contributed by atoms with van der Waals surface area (Å²) in [5.74, 6) is 2.62. The smallest absolute Gasteiger partial charge is 0.0406 e. The van der Waals surface area contributed by atoms with Crippen LogP contribution >= 0.6 is 35.1 Å². The zero-order valence-corrected chi connectivity index (χ0v) is 9.59. The summed E-state index contributed by atoms with van der Waals surface area (Å²) in [6.07, 6.45) is 1.35. The second-order valence-electron chi connectivity index (χ2n) is 3.06. The minimum Gasteiger partial charge on any atom is -0.161 e. The molecule has 1 heterocycles. The SMILES string of the molecule is Clc1ccc(SC2CCSC2)cc1. The van der Waals surface area contributed by atoms with Crippen LogP contribution < -0.4 is 0 Å². The van der Waals surface area contributed by atoms with Crippen molar-refractivity contribution in [1.29, 1.82) is 0 Å². The first-order valence-electron chi connectivity index (χ1n) is 4.34. The average molecular weight is 231 g/mol. The van der Waals surface area contributed by atoms with E-state index < -0.39 is 0 Å². The monoisotopic (exact) mass is 230 g/mol. The quantitative estimate of drug-likeness (QED) is 0.755. The molecule has 1 aliphatic heterocycles. The number of rotatable bonds is 2. The second kappa shape index (κ2) is 4.63. The lowest BCUT2D eigenvalue weighted by Gasteiger charge is -2.07. The molecule has 0 N–H and O–H groups in total. The topological polar surface area (TPSA) is 0 Å². The van der Waals surface area contributed by atoms with Crippen LogP contribution in [0.25, 0.3) is 0 Å². The molecule has 0 radical (unpaired) electrons. The molecule has 3 heteroatoms. The van der Waals surface area contributed by atoms with Crippen molar-refractivity contribution < 1.29 is 0 Å². The van der Waals surface area contributed by atoms with Crippen molar-refractivity contribution >= 4 is 35.1 Å².